The van der Waals surface area contributed by atoms with E-state index in [1.807, 2.05) is 18.7 Å². The Labute approximate surface area is 159 Å². The summed E-state index contributed by atoms with van der Waals surface area (Å²) in [7, 11) is 3.20. The van der Waals surface area contributed by atoms with Crippen LogP contribution in [0.4, 0.5) is 0 Å². The van der Waals surface area contributed by atoms with E-state index in [1.54, 1.807) is 38.5 Å². The molecule has 0 saturated carbocycles. The van der Waals surface area contributed by atoms with Crippen LogP contribution in [0, 0.1) is 0 Å². The SMILES string of the molecule is COCCN(CCOC)C1=C(c2ccc(Cl)cc2)C(=O)N(C(C)C)C1=O. The van der Waals surface area contributed by atoms with Crippen molar-refractivity contribution < 1.29 is 19.1 Å². The third-order valence-corrected chi connectivity index (χ3v) is 4.44. The Hall–Kier alpha value is -1.89. The molecule has 1 aliphatic heterocycles. The normalized spacial score (nSPS) is 14.8. The summed E-state index contributed by atoms with van der Waals surface area (Å²) in [6, 6.07) is 6.72. The highest BCUT2D eigenvalue weighted by atomic mass is 35.5. The summed E-state index contributed by atoms with van der Waals surface area (Å²) < 4.78 is 10.3. The van der Waals surface area contributed by atoms with Gasteiger partial charge in [0.1, 0.15) is 5.70 Å². The highest BCUT2D eigenvalue weighted by molar-refractivity contribution is 6.36. The molecule has 6 nitrogen and oxygen atoms in total. The first-order chi connectivity index (χ1) is 12.4. The molecule has 0 saturated heterocycles. The molecular weight excluding hydrogens is 356 g/mol. The fraction of sp³-hybridized carbons (Fsp3) is 0.474. The van der Waals surface area contributed by atoms with E-state index in [2.05, 4.69) is 0 Å². The number of hydrogen-bond acceptors (Lipinski definition) is 5. The number of imide groups is 1. The lowest BCUT2D eigenvalue weighted by Gasteiger charge is -2.26. The standard InChI is InChI=1S/C19H25ClN2O4/c1-13(2)22-18(23)16(14-5-7-15(20)8-6-14)17(19(22)24)21(9-11-25-3)10-12-26-4/h5-8,13H,9-12H2,1-4H3. The van der Waals surface area contributed by atoms with Crippen molar-refractivity contribution in [2.24, 2.45) is 0 Å². The van der Waals surface area contributed by atoms with Gasteiger partial charge in [-0.3, -0.25) is 14.5 Å². The summed E-state index contributed by atoms with van der Waals surface area (Å²) in [4.78, 5) is 29.3. The van der Waals surface area contributed by atoms with Gasteiger partial charge in [0, 0.05) is 38.4 Å². The fourth-order valence-corrected chi connectivity index (χ4v) is 3.04. The van der Waals surface area contributed by atoms with Crippen molar-refractivity contribution in [1.82, 2.24) is 9.80 Å². The van der Waals surface area contributed by atoms with Gasteiger partial charge in [0.05, 0.1) is 18.8 Å². The Morgan fingerprint density at radius 1 is 1.00 bits per heavy atom. The smallest absolute Gasteiger partial charge is 0.278 e. The summed E-state index contributed by atoms with van der Waals surface area (Å²) in [6.45, 7) is 5.49. The Morgan fingerprint density at radius 3 is 2.00 bits per heavy atom. The monoisotopic (exact) mass is 380 g/mol. The van der Waals surface area contributed by atoms with Crippen LogP contribution >= 0.6 is 11.6 Å². The Bertz CT molecular complexity index is 677. The van der Waals surface area contributed by atoms with Crippen LogP contribution in [-0.4, -0.2) is 68.2 Å². The van der Waals surface area contributed by atoms with Gasteiger partial charge in [-0.2, -0.15) is 0 Å². The Kier molecular flexibility index (Phi) is 7.20. The highest BCUT2D eigenvalue weighted by Crippen LogP contribution is 2.33. The molecule has 0 aliphatic carbocycles. The van der Waals surface area contributed by atoms with Gasteiger partial charge in [0.2, 0.25) is 0 Å². The minimum Gasteiger partial charge on any atom is -0.383 e. The van der Waals surface area contributed by atoms with Crippen LogP contribution in [0.5, 0.6) is 0 Å². The second-order valence-electron chi connectivity index (χ2n) is 6.28. The van der Waals surface area contributed by atoms with Crippen LogP contribution in [0.1, 0.15) is 19.4 Å². The Balaban J connectivity index is 2.55. The molecule has 2 rings (SSSR count). The highest BCUT2D eigenvalue weighted by Gasteiger charge is 2.42. The van der Waals surface area contributed by atoms with Crippen LogP contribution < -0.4 is 0 Å². The molecule has 0 aromatic heterocycles. The summed E-state index contributed by atoms with van der Waals surface area (Å²) in [5.41, 5.74) is 1.46. The first-order valence-electron chi connectivity index (χ1n) is 8.53. The number of amides is 2. The predicted molar refractivity (Wildman–Crippen MR) is 101 cm³/mol. The molecule has 1 aromatic rings. The van der Waals surface area contributed by atoms with E-state index in [0.29, 0.717) is 48.2 Å². The first kappa shape index (κ1) is 20.4. The minimum absolute atomic E-state index is 0.235. The van der Waals surface area contributed by atoms with Crippen molar-refractivity contribution in [1.29, 1.82) is 0 Å². The van der Waals surface area contributed by atoms with Crippen molar-refractivity contribution in [3.8, 4) is 0 Å². The molecule has 0 fully saturated rings. The van der Waals surface area contributed by atoms with Crippen LogP contribution in [0.25, 0.3) is 5.57 Å². The Morgan fingerprint density at radius 2 is 1.54 bits per heavy atom. The van der Waals surface area contributed by atoms with Crippen molar-refractivity contribution in [3.05, 3.63) is 40.5 Å². The lowest BCUT2D eigenvalue weighted by Crippen LogP contribution is -2.40. The molecule has 0 unspecified atom stereocenters. The molecule has 2 amide bonds. The number of carbonyl (C=O) groups is 2. The van der Waals surface area contributed by atoms with Gasteiger partial charge in [0.25, 0.3) is 11.8 Å². The molecule has 7 heteroatoms. The van der Waals surface area contributed by atoms with E-state index in [-0.39, 0.29) is 17.9 Å². The zero-order valence-corrected chi connectivity index (χ0v) is 16.4. The van der Waals surface area contributed by atoms with Gasteiger partial charge in [0.15, 0.2) is 0 Å². The number of halogens is 1. The van der Waals surface area contributed by atoms with E-state index >= 15 is 0 Å². The van der Waals surface area contributed by atoms with Crippen molar-refractivity contribution >= 4 is 29.0 Å². The lowest BCUT2D eigenvalue weighted by atomic mass is 10.0. The zero-order valence-electron chi connectivity index (χ0n) is 15.6. The van der Waals surface area contributed by atoms with E-state index in [1.165, 1.54) is 4.90 Å². The third kappa shape index (κ3) is 4.26. The summed E-state index contributed by atoms with van der Waals surface area (Å²) >= 11 is 5.98. The summed E-state index contributed by atoms with van der Waals surface area (Å²) in [6.07, 6.45) is 0. The van der Waals surface area contributed by atoms with Crippen molar-refractivity contribution in [2.45, 2.75) is 19.9 Å². The zero-order chi connectivity index (χ0) is 19.3. The molecule has 0 spiro atoms. The summed E-state index contributed by atoms with van der Waals surface area (Å²) in [5, 5.41) is 0.573. The van der Waals surface area contributed by atoms with Gasteiger partial charge in [-0.25, -0.2) is 0 Å². The van der Waals surface area contributed by atoms with Gasteiger partial charge in [-0.05, 0) is 31.5 Å². The maximum atomic E-state index is 13.1. The van der Waals surface area contributed by atoms with Gasteiger partial charge >= 0.3 is 0 Å². The molecule has 1 aromatic carbocycles. The number of methoxy groups -OCH3 is 2. The largest absolute Gasteiger partial charge is 0.383 e. The van der Waals surface area contributed by atoms with Crippen LogP contribution in [-0.2, 0) is 19.1 Å². The predicted octanol–water partition coefficient (Wildman–Crippen LogP) is 2.42. The number of nitrogens with zero attached hydrogens (tertiary/aromatic N) is 2. The van der Waals surface area contributed by atoms with Gasteiger partial charge < -0.3 is 14.4 Å². The number of hydrogen-bond donors (Lipinski definition) is 0. The quantitative estimate of drug-likeness (QED) is 0.616. The second kappa shape index (κ2) is 9.16. The first-order valence-corrected chi connectivity index (χ1v) is 8.91. The molecular formula is C19H25ClN2O4. The number of rotatable bonds is 9. The van der Waals surface area contributed by atoms with Crippen LogP contribution in [0.3, 0.4) is 0 Å². The van der Waals surface area contributed by atoms with E-state index < -0.39 is 0 Å². The molecule has 0 radical (unpaired) electrons. The van der Waals surface area contributed by atoms with E-state index in [4.69, 9.17) is 21.1 Å². The third-order valence-electron chi connectivity index (χ3n) is 4.19. The van der Waals surface area contributed by atoms with E-state index in [0.717, 1.165) is 0 Å². The maximum absolute atomic E-state index is 13.1. The topological polar surface area (TPSA) is 59.1 Å². The number of benzene rings is 1. The minimum atomic E-state index is -0.290. The van der Waals surface area contributed by atoms with Crippen LogP contribution in [0.2, 0.25) is 5.02 Å². The lowest BCUT2D eigenvalue weighted by molar-refractivity contribution is -0.139. The van der Waals surface area contributed by atoms with Crippen molar-refractivity contribution in [3.63, 3.8) is 0 Å². The van der Waals surface area contributed by atoms with Crippen LogP contribution in [0.15, 0.2) is 30.0 Å². The fourth-order valence-electron chi connectivity index (χ4n) is 2.91. The van der Waals surface area contributed by atoms with Crippen molar-refractivity contribution in [2.75, 3.05) is 40.5 Å². The number of carbonyl (C=O) groups excluding carboxylic acids is 2. The molecule has 0 N–H and O–H groups in total. The molecule has 142 valence electrons. The summed E-state index contributed by atoms with van der Waals surface area (Å²) in [5.74, 6) is -0.579. The number of ether oxygens (including phenoxy) is 2. The van der Waals surface area contributed by atoms with Gasteiger partial charge in [-0.1, -0.05) is 23.7 Å². The molecule has 1 aliphatic rings. The molecule has 26 heavy (non-hydrogen) atoms. The molecule has 0 bridgehead atoms. The molecule has 0 atom stereocenters. The van der Waals surface area contributed by atoms with Gasteiger partial charge in [-0.15, -0.1) is 0 Å². The average Bonchev–Trinajstić information content (AvgIpc) is 2.86. The second-order valence-corrected chi connectivity index (χ2v) is 6.71. The molecule has 1 heterocycles. The average molecular weight is 381 g/mol. The van der Waals surface area contributed by atoms with E-state index in [9.17, 15) is 9.59 Å². The maximum Gasteiger partial charge on any atom is 0.278 e.